The van der Waals surface area contributed by atoms with Crippen molar-refractivity contribution in [3.05, 3.63) is 23.9 Å². The molecule has 0 aromatic carbocycles. The van der Waals surface area contributed by atoms with E-state index < -0.39 is 0 Å². The summed E-state index contributed by atoms with van der Waals surface area (Å²) in [7, 11) is 0. The quantitative estimate of drug-likeness (QED) is 0.849. The molecule has 1 aromatic rings. The van der Waals surface area contributed by atoms with Crippen LogP contribution in [0.15, 0.2) is 18.3 Å². The van der Waals surface area contributed by atoms with E-state index in [1.807, 2.05) is 24.1 Å². The topological polar surface area (TPSA) is 48.9 Å². The van der Waals surface area contributed by atoms with Crippen LogP contribution < -0.4 is 4.90 Å². The second-order valence-electron chi connectivity index (χ2n) is 7.05. The van der Waals surface area contributed by atoms with E-state index in [9.17, 15) is 4.79 Å². The fourth-order valence-electron chi connectivity index (χ4n) is 3.32. The Labute approximate surface area is 144 Å². The van der Waals surface area contributed by atoms with Crippen molar-refractivity contribution >= 4 is 11.9 Å². The van der Waals surface area contributed by atoms with Gasteiger partial charge in [-0.3, -0.25) is 4.90 Å². The highest BCUT2D eigenvalue weighted by molar-refractivity contribution is 5.68. The average Bonchev–Trinajstić information content (AvgIpc) is 3.04. The molecule has 24 heavy (non-hydrogen) atoms. The molecule has 1 atom stereocenters. The molecule has 0 bridgehead atoms. The van der Waals surface area contributed by atoms with Gasteiger partial charge in [-0.2, -0.15) is 0 Å². The minimum Gasteiger partial charge on any atom is -0.444 e. The molecule has 2 aliphatic rings. The molecule has 1 amide bonds. The van der Waals surface area contributed by atoms with Crippen molar-refractivity contribution in [1.82, 2.24) is 14.8 Å². The van der Waals surface area contributed by atoms with Crippen molar-refractivity contribution in [2.75, 3.05) is 44.2 Å². The first-order valence-corrected chi connectivity index (χ1v) is 8.90. The molecule has 0 N–H and O–H groups in total. The van der Waals surface area contributed by atoms with E-state index in [2.05, 4.69) is 34.7 Å². The summed E-state index contributed by atoms with van der Waals surface area (Å²) in [6.45, 7) is 11.4. The van der Waals surface area contributed by atoms with Gasteiger partial charge in [0.15, 0.2) is 0 Å². The van der Waals surface area contributed by atoms with Gasteiger partial charge in [-0.1, -0.05) is 6.07 Å². The smallest absolute Gasteiger partial charge is 0.410 e. The summed E-state index contributed by atoms with van der Waals surface area (Å²) in [5.74, 6) is 0.963. The van der Waals surface area contributed by atoms with Crippen LogP contribution >= 0.6 is 0 Å². The Balaban J connectivity index is 1.47. The molecular formula is C18H28N4O2. The fourth-order valence-corrected chi connectivity index (χ4v) is 3.32. The molecular weight excluding hydrogens is 304 g/mol. The number of hydrogen-bond acceptors (Lipinski definition) is 5. The number of amides is 1. The second-order valence-corrected chi connectivity index (χ2v) is 7.05. The Kier molecular flexibility index (Phi) is 5.23. The molecule has 2 saturated heterocycles. The lowest BCUT2D eigenvalue weighted by molar-refractivity contribution is 0.0474. The number of aromatic nitrogens is 1. The van der Waals surface area contributed by atoms with Crippen LogP contribution in [0.25, 0.3) is 0 Å². The first-order valence-electron chi connectivity index (χ1n) is 8.90. The molecule has 3 heterocycles. The summed E-state index contributed by atoms with van der Waals surface area (Å²) < 4.78 is 5.72. The van der Waals surface area contributed by atoms with Gasteiger partial charge in [0.05, 0.1) is 6.54 Å². The molecule has 2 fully saturated rings. The number of carbonyl (C=O) groups excluding carboxylic acids is 1. The van der Waals surface area contributed by atoms with Crippen LogP contribution in [0.1, 0.15) is 25.8 Å². The monoisotopic (exact) mass is 332 g/mol. The molecule has 0 saturated carbocycles. The third-order valence-corrected chi connectivity index (χ3v) is 4.94. The van der Waals surface area contributed by atoms with Crippen LogP contribution in [0.2, 0.25) is 0 Å². The van der Waals surface area contributed by atoms with Gasteiger partial charge in [0.2, 0.25) is 0 Å². The molecule has 0 radical (unpaired) electrons. The highest BCUT2D eigenvalue weighted by Gasteiger charge is 2.30. The number of nitrogens with zero attached hydrogens (tertiary/aromatic N) is 4. The summed E-state index contributed by atoms with van der Waals surface area (Å²) in [4.78, 5) is 23.2. The maximum Gasteiger partial charge on any atom is 0.410 e. The first kappa shape index (κ1) is 17.0. The van der Waals surface area contributed by atoms with Gasteiger partial charge in [0.1, 0.15) is 11.9 Å². The SMILES string of the molecule is Cc1ccc(N2CCC(OC(=O)N3CCN(C(C)C)CC3)C2)nc1. The number of hydrogen-bond donors (Lipinski definition) is 0. The zero-order chi connectivity index (χ0) is 17.1. The number of pyridine rings is 1. The van der Waals surface area contributed by atoms with Gasteiger partial charge in [0.25, 0.3) is 0 Å². The highest BCUT2D eigenvalue weighted by Crippen LogP contribution is 2.21. The molecule has 1 unspecified atom stereocenters. The third kappa shape index (κ3) is 3.98. The van der Waals surface area contributed by atoms with E-state index in [4.69, 9.17) is 4.74 Å². The third-order valence-electron chi connectivity index (χ3n) is 4.94. The predicted molar refractivity (Wildman–Crippen MR) is 94.4 cm³/mol. The number of ether oxygens (including phenoxy) is 1. The van der Waals surface area contributed by atoms with Crippen molar-refractivity contribution < 1.29 is 9.53 Å². The lowest BCUT2D eigenvalue weighted by Gasteiger charge is -2.36. The summed E-state index contributed by atoms with van der Waals surface area (Å²) >= 11 is 0. The normalized spacial score (nSPS) is 22.2. The van der Waals surface area contributed by atoms with Gasteiger partial charge in [0, 0.05) is 51.4 Å². The largest absolute Gasteiger partial charge is 0.444 e. The van der Waals surface area contributed by atoms with Crippen molar-refractivity contribution in [3.8, 4) is 0 Å². The fraction of sp³-hybridized carbons (Fsp3) is 0.667. The number of piperazine rings is 1. The Bertz CT molecular complexity index is 553. The lowest BCUT2D eigenvalue weighted by Crippen LogP contribution is -2.51. The van der Waals surface area contributed by atoms with Gasteiger partial charge in [-0.25, -0.2) is 9.78 Å². The zero-order valence-corrected chi connectivity index (χ0v) is 14.9. The Hall–Kier alpha value is -1.82. The molecule has 132 valence electrons. The van der Waals surface area contributed by atoms with E-state index in [1.54, 1.807) is 0 Å². The molecule has 2 aliphatic heterocycles. The number of anilines is 1. The number of carbonyl (C=O) groups is 1. The zero-order valence-electron chi connectivity index (χ0n) is 14.9. The standard InChI is InChI=1S/C18H28N4O2/c1-14(2)20-8-10-21(11-9-20)18(23)24-16-6-7-22(13-16)17-5-4-15(3)12-19-17/h4-5,12,14,16H,6-11,13H2,1-3H3. The molecule has 6 heteroatoms. The van der Waals surface area contributed by atoms with Gasteiger partial charge in [-0.15, -0.1) is 0 Å². The molecule has 6 nitrogen and oxygen atoms in total. The summed E-state index contributed by atoms with van der Waals surface area (Å²) in [5, 5.41) is 0. The molecule has 0 aliphatic carbocycles. The minimum absolute atomic E-state index is 0.0382. The molecule has 3 rings (SSSR count). The van der Waals surface area contributed by atoms with Gasteiger partial charge < -0.3 is 14.5 Å². The van der Waals surface area contributed by atoms with Crippen molar-refractivity contribution in [2.45, 2.75) is 39.3 Å². The highest BCUT2D eigenvalue weighted by atomic mass is 16.6. The maximum absolute atomic E-state index is 12.4. The van der Waals surface area contributed by atoms with Crippen molar-refractivity contribution in [2.24, 2.45) is 0 Å². The van der Waals surface area contributed by atoms with E-state index in [0.29, 0.717) is 6.04 Å². The summed E-state index contributed by atoms with van der Waals surface area (Å²) in [5.41, 5.74) is 1.15. The van der Waals surface area contributed by atoms with Gasteiger partial charge >= 0.3 is 6.09 Å². The molecule has 0 spiro atoms. The van der Waals surface area contributed by atoms with Crippen LogP contribution in [0, 0.1) is 6.92 Å². The second kappa shape index (κ2) is 7.38. The van der Waals surface area contributed by atoms with E-state index in [1.165, 1.54) is 0 Å². The van der Waals surface area contributed by atoms with Gasteiger partial charge in [-0.05, 0) is 32.4 Å². The summed E-state index contributed by atoms with van der Waals surface area (Å²) in [6, 6.07) is 4.63. The van der Waals surface area contributed by atoms with Crippen LogP contribution in [0.3, 0.4) is 0 Å². The van der Waals surface area contributed by atoms with E-state index in [0.717, 1.165) is 57.1 Å². The number of aryl methyl sites for hydroxylation is 1. The Morgan fingerprint density at radius 2 is 1.96 bits per heavy atom. The van der Waals surface area contributed by atoms with E-state index in [-0.39, 0.29) is 12.2 Å². The average molecular weight is 332 g/mol. The first-order chi connectivity index (χ1) is 11.5. The minimum atomic E-state index is -0.165. The van der Waals surface area contributed by atoms with Crippen LogP contribution in [0.4, 0.5) is 10.6 Å². The van der Waals surface area contributed by atoms with Crippen LogP contribution in [0.5, 0.6) is 0 Å². The van der Waals surface area contributed by atoms with Crippen molar-refractivity contribution in [3.63, 3.8) is 0 Å². The Morgan fingerprint density at radius 3 is 2.58 bits per heavy atom. The van der Waals surface area contributed by atoms with Crippen LogP contribution in [-0.2, 0) is 4.74 Å². The molecule has 1 aromatic heterocycles. The lowest BCUT2D eigenvalue weighted by atomic mass is 10.2. The van der Waals surface area contributed by atoms with Crippen LogP contribution in [-0.4, -0.2) is 72.3 Å². The van der Waals surface area contributed by atoms with Crippen molar-refractivity contribution in [1.29, 1.82) is 0 Å². The summed E-state index contributed by atoms with van der Waals surface area (Å²) in [6.07, 6.45) is 2.54. The maximum atomic E-state index is 12.4. The Morgan fingerprint density at radius 1 is 1.21 bits per heavy atom. The number of rotatable bonds is 3. The predicted octanol–water partition coefficient (Wildman–Crippen LogP) is 2.13. The van der Waals surface area contributed by atoms with E-state index >= 15 is 0 Å².